The number of ether oxygens (including phenoxy) is 1. The first kappa shape index (κ1) is 18.2. The van der Waals surface area contributed by atoms with Crippen molar-refractivity contribution < 1.29 is 19.4 Å². The third-order valence-corrected chi connectivity index (χ3v) is 4.37. The van der Waals surface area contributed by atoms with Crippen LogP contribution in [0.25, 0.3) is 11.0 Å². The summed E-state index contributed by atoms with van der Waals surface area (Å²) >= 11 is 0. The molecular formula is C18H24N4O4. The Labute approximate surface area is 151 Å². The van der Waals surface area contributed by atoms with E-state index in [1.54, 1.807) is 27.8 Å². The monoisotopic (exact) mass is 360 g/mol. The Bertz CT molecular complexity index is 824. The normalized spacial score (nSPS) is 18.1. The minimum atomic E-state index is -1.00. The number of carbonyl (C=O) groups excluding carboxylic acids is 1. The second kappa shape index (κ2) is 6.93. The van der Waals surface area contributed by atoms with Crippen LogP contribution in [-0.4, -0.2) is 55.8 Å². The van der Waals surface area contributed by atoms with Gasteiger partial charge in [-0.25, -0.2) is 14.3 Å². The molecule has 1 unspecified atom stereocenters. The topological polar surface area (TPSA) is 97.5 Å². The van der Waals surface area contributed by atoms with Gasteiger partial charge in [0.2, 0.25) is 0 Å². The van der Waals surface area contributed by atoms with Crippen molar-refractivity contribution in [1.29, 1.82) is 0 Å². The van der Waals surface area contributed by atoms with E-state index in [4.69, 9.17) is 4.74 Å². The number of likely N-dealkylation sites (tertiary alicyclic amines) is 1. The Hall–Kier alpha value is -2.64. The number of hydrogen-bond donors (Lipinski definition) is 1. The third-order valence-electron chi connectivity index (χ3n) is 4.37. The zero-order chi connectivity index (χ0) is 18.9. The highest BCUT2D eigenvalue weighted by Gasteiger charge is 2.28. The van der Waals surface area contributed by atoms with Crippen molar-refractivity contribution in [2.24, 2.45) is 5.92 Å². The van der Waals surface area contributed by atoms with E-state index < -0.39 is 11.6 Å². The Morgan fingerprint density at radius 3 is 2.81 bits per heavy atom. The average molecular weight is 360 g/mol. The summed E-state index contributed by atoms with van der Waals surface area (Å²) in [6, 6.07) is 4.97. The standard InChI is InChI=1S/C18H24N4O4/c1-18(2,3)26-17(25)21-9-5-6-12(10-21)11-22-15-13(16(23)24)7-4-8-14(15)19-20-22/h4,7-8,12H,5-6,9-11H2,1-3H3,(H,23,24). The second-order valence-electron chi connectivity index (χ2n) is 7.68. The lowest BCUT2D eigenvalue weighted by atomic mass is 9.98. The predicted octanol–water partition coefficient (Wildman–Crippen LogP) is 2.78. The summed E-state index contributed by atoms with van der Waals surface area (Å²) in [4.78, 5) is 25.5. The molecule has 1 N–H and O–H groups in total. The van der Waals surface area contributed by atoms with Crippen LogP contribution in [0.5, 0.6) is 0 Å². The molecule has 26 heavy (non-hydrogen) atoms. The molecule has 2 heterocycles. The minimum absolute atomic E-state index is 0.169. The zero-order valence-corrected chi connectivity index (χ0v) is 15.3. The molecule has 1 aromatic heterocycles. The van der Waals surface area contributed by atoms with Crippen molar-refractivity contribution in [1.82, 2.24) is 19.9 Å². The van der Waals surface area contributed by atoms with Gasteiger partial charge in [-0.1, -0.05) is 11.3 Å². The van der Waals surface area contributed by atoms with E-state index in [0.717, 1.165) is 12.8 Å². The molecule has 1 aromatic carbocycles. The molecule has 0 spiro atoms. The van der Waals surface area contributed by atoms with Gasteiger partial charge in [-0.15, -0.1) is 5.10 Å². The van der Waals surface area contributed by atoms with Gasteiger partial charge < -0.3 is 14.7 Å². The van der Waals surface area contributed by atoms with Gasteiger partial charge in [-0.3, -0.25) is 0 Å². The molecule has 0 radical (unpaired) electrons. The summed E-state index contributed by atoms with van der Waals surface area (Å²) in [5.41, 5.74) is 0.745. The molecule has 3 rings (SSSR count). The van der Waals surface area contributed by atoms with Crippen LogP contribution in [0.1, 0.15) is 44.0 Å². The van der Waals surface area contributed by atoms with Crippen LogP contribution in [0.4, 0.5) is 4.79 Å². The summed E-state index contributed by atoms with van der Waals surface area (Å²) in [7, 11) is 0. The van der Waals surface area contributed by atoms with Crippen LogP contribution >= 0.6 is 0 Å². The van der Waals surface area contributed by atoms with Crippen LogP contribution in [0.2, 0.25) is 0 Å². The molecule has 1 fully saturated rings. The molecule has 1 amide bonds. The molecule has 2 aromatic rings. The number of para-hydroxylation sites is 1. The number of carboxylic acid groups (broad SMARTS) is 1. The van der Waals surface area contributed by atoms with Crippen LogP contribution in [0, 0.1) is 5.92 Å². The Morgan fingerprint density at radius 2 is 2.12 bits per heavy atom. The number of nitrogens with zero attached hydrogens (tertiary/aromatic N) is 4. The molecule has 8 nitrogen and oxygen atoms in total. The van der Waals surface area contributed by atoms with Crippen molar-refractivity contribution >= 4 is 23.1 Å². The smallest absolute Gasteiger partial charge is 0.410 e. The molecule has 1 atom stereocenters. The second-order valence-corrected chi connectivity index (χ2v) is 7.68. The van der Waals surface area contributed by atoms with Crippen molar-refractivity contribution in [2.45, 2.75) is 45.8 Å². The SMILES string of the molecule is CC(C)(C)OC(=O)N1CCCC(Cn2nnc3cccc(C(=O)O)c32)C1. The number of fused-ring (bicyclic) bond motifs is 1. The quantitative estimate of drug-likeness (QED) is 0.904. The number of carboxylic acids is 1. The zero-order valence-electron chi connectivity index (χ0n) is 15.3. The van der Waals surface area contributed by atoms with E-state index in [1.807, 2.05) is 20.8 Å². The molecule has 0 saturated carbocycles. The maximum atomic E-state index is 12.3. The Morgan fingerprint density at radius 1 is 1.35 bits per heavy atom. The fourth-order valence-electron chi connectivity index (χ4n) is 3.28. The molecule has 0 aliphatic carbocycles. The van der Waals surface area contributed by atoms with Gasteiger partial charge in [0.05, 0.1) is 5.56 Å². The van der Waals surface area contributed by atoms with Crippen molar-refractivity contribution in [3.05, 3.63) is 23.8 Å². The molecule has 1 aliphatic heterocycles. The van der Waals surface area contributed by atoms with E-state index >= 15 is 0 Å². The van der Waals surface area contributed by atoms with E-state index in [0.29, 0.717) is 30.7 Å². The summed E-state index contributed by atoms with van der Waals surface area (Å²) in [6.07, 6.45) is 1.51. The number of amides is 1. The number of piperidine rings is 1. The third kappa shape index (κ3) is 3.95. The van der Waals surface area contributed by atoms with Gasteiger partial charge in [-0.2, -0.15) is 0 Å². The Kier molecular flexibility index (Phi) is 4.84. The molecule has 1 aliphatic rings. The van der Waals surface area contributed by atoms with Gasteiger partial charge in [-0.05, 0) is 51.7 Å². The summed E-state index contributed by atoms with van der Waals surface area (Å²) in [6.45, 7) is 7.29. The van der Waals surface area contributed by atoms with E-state index in [-0.39, 0.29) is 17.6 Å². The van der Waals surface area contributed by atoms with Crippen molar-refractivity contribution in [2.75, 3.05) is 13.1 Å². The van der Waals surface area contributed by atoms with Gasteiger partial charge in [0.15, 0.2) is 0 Å². The highest BCUT2D eigenvalue weighted by Crippen LogP contribution is 2.23. The average Bonchev–Trinajstić information content (AvgIpc) is 2.96. The van der Waals surface area contributed by atoms with Crippen molar-refractivity contribution in [3.63, 3.8) is 0 Å². The number of rotatable bonds is 3. The van der Waals surface area contributed by atoms with Crippen LogP contribution < -0.4 is 0 Å². The highest BCUT2D eigenvalue weighted by atomic mass is 16.6. The first-order valence-corrected chi connectivity index (χ1v) is 8.78. The number of carbonyl (C=O) groups is 2. The molecule has 8 heteroatoms. The van der Waals surface area contributed by atoms with Gasteiger partial charge >= 0.3 is 12.1 Å². The summed E-state index contributed by atoms with van der Waals surface area (Å²) in [5.74, 6) is -0.832. The fourth-order valence-corrected chi connectivity index (χ4v) is 3.28. The maximum Gasteiger partial charge on any atom is 0.410 e. The number of hydrogen-bond acceptors (Lipinski definition) is 5. The van der Waals surface area contributed by atoms with E-state index in [9.17, 15) is 14.7 Å². The van der Waals surface area contributed by atoms with Gasteiger partial charge in [0, 0.05) is 19.6 Å². The van der Waals surface area contributed by atoms with Crippen LogP contribution in [0.15, 0.2) is 18.2 Å². The largest absolute Gasteiger partial charge is 0.478 e. The Balaban J connectivity index is 1.76. The van der Waals surface area contributed by atoms with Crippen LogP contribution in [0.3, 0.4) is 0 Å². The molecular weight excluding hydrogens is 336 g/mol. The highest BCUT2D eigenvalue weighted by molar-refractivity contribution is 6.00. The first-order chi connectivity index (χ1) is 12.2. The molecule has 1 saturated heterocycles. The number of aromatic carboxylic acids is 1. The van der Waals surface area contributed by atoms with Gasteiger partial charge in [0.1, 0.15) is 16.6 Å². The van der Waals surface area contributed by atoms with Gasteiger partial charge in [0.25, 0.3) is 0 Å². The summed E-state index contributed by atoms with van der Waals surface area (Å²) < 4.78 is 7.10. The van der Waals surface area contributed by atoms with E-state index in [2.05, 4.69) is 10.3 Å². The lowest BCUT2D eigenvalue weighted by Crippen LogP contribution is -2.43. The van der Waals surface area contributed by atoms with Crippen molar-refractivity contribution in [3.8, 4) is 0 Å². The number of aromatic nitrogens is 3. The fraction of sp³-hybridized carbons (Fsp3) is 0.556. The number of benzene rings is 1. The lowest BCUT2D eigenvalue weighted by Gasteiger charge is -2.34. The minimum Gasteiger partial charge on any atom is -0.478 e. The van der Waals surface area contributed by atoms with E-state index in [1.165, 1.54) is 0 Å². The summed E-state index contributed by atoms with van der Waals surface area (Å²) in [5, 5.41) is 17.6. The van der Waals surface area contributed by atoms with Crippen LogP contribution in [-0.2, 0) is 11.3 Å². The molecule has 0 bridgehead atoms. The first-order valence-electron chi connectivity index (χ1n) is 8.78. The maximum absolute atomic E-state index is 12.3. The lowest BCUT2D eigenvalue weighted by molar-refractivity contribution is 0.0155. The predicted molar refractivity (Wildman–Crippen MR) is 95.0 cm³/mol. The molecule has 140 valence electrons.